The number of amides is 1. The lowest BCUT2D eigenvalue weighted by molar-refractivity contribution is 0.0971. The summed E-state index contributed by atoms with van der Waals surface area (Å²) in [7, 11) is 0. The number of hydrogen-bond donors (Lipinski definition) is 0. The van der Waals surface area contributed by atoms with Crippen LogP contribution in [0.2, 0.25) is 5.02 Å². The third kappa shape index (κ3) is 4.76. The maximum atomic E-state index is 13.9. The van der Waals surface area contributed by atoms with Crippen molar-refractivity contribution in [2.45, 2.75) is 46.1 Å². The van der Waals surface area contributed by atoms with Crippen molar-refractivity contribution in [1.82, 2.24) is 0 Å². The number of carbonyl (C=O) groups excluding carboxylic acids is 1. The Bertz CT molecular complexity index is 1560. The molecule has 0 N–H and O–H groups in total. The van der Waals surface area contributed by atoms with Crippen LogP contribution < -0.4 is 19.8 Å². The van der Waals surface area contributed by atoms with Gasteiger partial charge in [0.1, 0.15) is 5.58 Å². The topological polar surface area (TPSA) is 69.0 Å². The summed E-state index contributed by atoms with van der Waals surface area (Å²) in [6, 6.07) is 17.4. The van der Waals surface area contributed by atoms with Gasteiger partial charge in [-0.2, -0.15) is 0 Å². The van der Waals surface area contributed by atoms with Crippen LogP contribution >= 0.6 is 11.6 Å². The first-order valence-corrected chi connectivity index (χ1v) is 13.4. The predicted octanol–water partition coefficient (Wildman–Crippen LogP) is 7.47. The molecule has 7 heteroatoms. The molecule has 5 rings (SSSR count). The van der Waals surface area contributed by atoms with Crippen LogP contribution in [0.5, 0.6) is 11.5 Å². The molecule has 0 spiro atoms. The number of aryl methyl sites for hydroxylation is 1. The number of rotatable bonds is 9. The van der Waals surface area contributed by atoms with E-state index in [1.807, 2.05) is 56.3 Å². The first-order valence-electron chi connectivity index (χ1n) is 13.0. The van der Waals surface area contributed by atoms with Gasteiger partial charge in [-0.15, -0.1) is 0 Å². The Morgan fingerprint density at radius 1 is 0.947 bits per heavy atom. The van der Waals surface area contributed by atoms with Gasteiger partial charge in [-0.25, -0.2) is 0 Å². The lowest BCUT2D eigenvalue weighted by Crippen LogP contribution is -2.29. The molecule has 1 unspecified atom stereocenters. The molecule has 3 aromatic carbocycles. The summed E-state index contributed by atoms with van der Waals surface area (Å²) in [5, 5.41) is 0.755. The summed E-state index contributed by atoms with van der Waals surface area (Å²) < 4.78 is 18.0. The zero-order chi connectivity index (χ0) is 26.8. The van der Waals surface area contributed by atoms with E-state index in [1.165, 1.54) is 0 Å². The fourth-order valence-corrected chi connectivity index (χ4v) is 5.09. The number of fused-ring (bicyclic) bond motifs is 2. The minimum absolute atomic E-state index is 0.0363. The summed E-state index contributed by atoms with van der Waals surface area (Å²) in [5.74, 6) is 0.868. The number of hydrogen-bond acceptors (Lipinski definition) is 5. The van der Waals surface area contributed by atoms with E-state index < -0.39 is 6.04 Å². The average Bonchev–Trinajstić information content (AvgIpc) is 3.20. The lowest BCUT2D eigenvalue weighted by Gasteiger charge is -2.26. The van der Waals surface area contributed by atoms with E-state index in [-0.39, 0.29) is 22.7 Å². The third-order valence-electron chi connectivity index (χ3n) is 6.70. The second-order valence-corrected chi connectivity index (χ2v) is 9.86. The summed E-state index contributed by atoms with van der Waals surface area (Å²) in [4.78, 5) is 29.3. The Balaban J connectivity index is 1.68. The van der Waals surface area contributed by atoms with Crippen molar-refractivity contribution in [3.63, 3.8) is 0 Å². The van der Waals surface area contributed by atoms with E-state index >= 15 is 0 Å². The highest BCUT2D eigenvalue weighted by Gasteiger charge is 2.44. The lowest BCUT2D eigenvalue weighted by atomic mass is 9.97. The highest BCUT2D eigenvalue weighted by atomic mass is 35.5. The highest BCUT2D eigenvalue weighted by molar-refractivity contribution is 6.31. The van der Waals surface area contributed by atoms with E-state index in [4.69, 9.17) is 25.5 Å². The predicted molar refractivity (Wildman–Crippen MR) is 150 cm³/mol. The number of anilines is 1. The van der Waals surface area contributed by atoms with Gasteiger partial charge in [0.05, 0.1) is 30.2 Å². The standard InChI is InChI=1S/C31H30ClNO5/c1-4-6-7-15-37-25-13-11-20(17-26(25)36-5-2)28-27-29(34)23-18-21(32)12-14-24(23)38-30(27)31(35)33(28)22-10-8-9-19(3)16-22/h8-14,16-18,28H,4-7,15H2,1-3H3. The van der Waals surface area contributed by atoms with Crippen LogP contribution in [0, 0.1) is 6.92 Å². The molecule has 0 radical (unpaired) electrons. The molecule has 1 aliphatic rings. The van der Waals surface area contributed by atoms with Gasteiger partial charge in [-0.05, 0) is 73.9 Å². The van der Waals surface area contributed by atoms with Crippen molar-refractivity contribution in [2.24, 2.45) is 0 Å². The van der Waals surface area contributed by atoms with E-state index in [1.54, 1.807) is 23.1 Å². The first kappa shape index (κ1) is 25.9. The Labute approximate surface area is 226 Å². The van der Waals surface area contributed by atoms with Crippen LogP contribution in [0.1, 0.15) is 66.4 Å². The van der Waals surface area contributed by atoms with Crippen molar-refractivity contribution >= 4 is 34.2 Å². The number of nitrogens with zero attached hydrogens (tertiary/aromatic N) is 1. The summed E-state index contributed by atoms with van der Waals surface area (Å²) in [5.41, 5.74) is 2.71. The molecule has 2 heterocycles. The zero-order valence-corrected chi connectivity index (χ0v) is 22.5. The van der Waals surface area contributed by atoms with Crippen LogP contribution in [0.25, 0.3) is 11.0 Å². The Morgan fingerprint density at radius 2 is 1.79 bits per heavy atom. The largest absolute Gasteiger partial charge is 0.490 e. The number of halogens is 1. The molecule has 4 aromatic rings. The summed E-state index contributed by atoms with van der Waals surface area (Å²) in [6.45, 7) is 7.05. The quantitative estimate of drug-likeness (QED) is 0.209. The van der Waals surface area contributed by atoms with Crippen LogP contribution in [-0.2, 0) is 0 Å². The fraction of sp³-hybridized carbons (Fsp3) is 0.290. The van der Waals surface area contributed by atoms with Crippen LogP contribution in [0.3, 0.4) is 0 Å². The van der Waals surface area contributed by atoms with Gasteiger partial charge >= 0.3 is 0 Å². The molecule has 196 valence electrons. The van der Waals surface area contributed by atoms with E-state index in [0.717, 1.165) is 30.4 Å². The fourth-order valence-electron chi connectivity index (χ4n) is 4.92. The number of unbranched alkanes of at least 4 members (excludes halogenated alkanes) is 2. The van der Waals surface area contributed by atoms with Gasteiger partial charge in [0, 0.05) is 10.7 Å². The molecule has 0 saturated heterocycles. The molecule has 0 saturated carbocycles. The minimum atomic E-state index is -0.715. The molecule has 6 nitrogen and oxygen atoms in total. The van der Waals surface area contributed by atoms with Crippen LogP contribution in [0.4, 0.5) is 5.69 Å². The molecule has 1 amide bonds. The highest BCUT2D eigenvalue weighted by Crippen LogP contribution is 2.43. The summed E-state index contributed by atoms with van der Waals surface area (Å²) in [6.07, 6.45) is 3.14. The molecular formula is C31H30ClNO5. The molecule has 1 aliphatic heterocycles. The Hall–Kier alpha value is -3.77. The van der Waals surface area contributed by atoms with Crippen molar-refractivity contribution in [3.8, 4) is 11.5 Å². The molecule has 0 fully saturated rings. The normalized spacial score (nSPS) is 14.7. The SMILES string of the molecule is CCCCCOc1ccc(C2c3c(oc4ccc(Cl)cc4c3=O)C(=O)N2c2cccc(C)c2)cc1OCC. The van der Waals surface area contributed by atoms with E-state index in [0.29, 0.717) is 46.4 Å². The second-order valence-electron chi connectivity index (χ2n) is 9.43. The monoisotopic (exact) mass is 531 g/mol. The molecule has 0 bridgehead atoms. The number of carbonyl (C=O) groups is 1. The third-order valence-corrected chi connectivity index (χ3v) is 6.94. The van der Waals surface area contributed by atoms with E-state index in [9.17, 15) is 9.59 Å². The van der Waals surface area contributed by atoms with Crippen LogP contribution in [0.15, 0.2) is 69.9 Å². The maximum absolute atomic E-state index is 13.9. The number of benzene rings is 3. The van der Waals surface area contributed by atoms with Crippen molar-refractivity contribution in [1.29, 1.82) is 0 Å². The first-order chi connectivity index (χ1) is 18.4. The van der Waals surface area contributed by atoms with Crippen molar-refractivity contribution in [2.75, 3.05) is 18.1 Å². The number of ether oxygens (including phenoxy) is 2. The smallest absolute Gasteiger partial charge is 0.295 e. The zero-order valence-electron chi connectivity index (χ0n) is 21.8. The average molecular weight is 532 g/mol. The van der Waals surface area contributed by atoms with Crippen molar-refractivity contribution in [3.05, 3.63) is 98.4 Å². The van der Waals surface area contributed by atoms with Gasteiger partial charge in [0.2, 0.25) is 5.76 Å². The van der Waals surface area contributed by atoms with Gasteiger partial charge in [0.25, 0.3) is 5.91 Å². The van der Waals surface area contributed by atoms with Crippen LogP contribution in [-0.4, -0.2) is 19.1 Å². The molecule has 1 atom stereocenters. The van der Waals surface area contributed by atoms with E-state index in [2.05, 4.69) is 6.92 Å². The van der Waals surface area contributed by atoms with Crippen molar-refractivity contribution < 1.29 is 18.7 Å². The molecular weight excluding hydrogens is 502 g/mol. The molecule has 0 aliphatic carbocycles. The Kier molecular flexibility index (Phi) is 7.43. The van der Waals surface area contributed by atoms with Gasteiger partial charge in [0.15, 0.2) is 16.9 Å². The van der Waals surface area contributed by atoms with Gasteiger partial charge in [-0.3, -0.25) is 14.5 Å². The molecule has 38 heavy (non-hydrogen) atoms. The minimum Gasteiger partial charge on any atom is -0.490 e. The maximum Gasteiger partial charge on any atom is 0.295 e. The summed E-state index contributed by atoms with van der Waals surface area (Å²) >= 11 is 6.21. The van der Waals surface area contributed by atoms with Gasteiger partial charge < -0.3 is 13.9 Å². The molecule has 1 aromatic heterocycles. The Morgan fingerprint density at radius 3 is 2.55 bits per heavy atom. The second kappa shape index (κ2) is 10.9. The van der Waals surface area contributed by atoms with Gasteiger partial charge in [-0.1, -0.05) is 49.6 Å².